The first-order valence-corrected chi connectivity index (χ1v) is 10.7. The average Bonchev–Trinajstić information content (AvgIpc) is 3.05. The van der Waals surface area contributed by atoms with Crippen LogP contribution in [0.25, 0.3) is 5.57 Å². The van der Waals surface area contributed by atoms with Crippen LogP contribution in [0, 0.1) is 0 Å². The van der Waals surface area contributed by atoms with Gasteiger partial charge in [-0.3, -0.25) is 9.59 Å². The van der Waals surface area contributed by atoms with Crippen LogP contribution in [-0.4, -0.2) is 63.8 Å². The molecule has 0 aromatic heterocycles. The predicted molar refractivity (Wildman–Crippen MR) is 124 cm³/mol. The lowest BCUT2D eigenvalue weighted by Crippen LogP contribution is -2.37. The largest absolute Gasteiger partial charge is 0.492 e. The molecular weight excluding hydrogens is 432 g/mol. The van der Waals surface area contributed by atoms with E-state index < -0.39 is 11.8 Å². The molecule has 0 unspecified atom stereocenters. The molecule has 0 N–H and O–H groups in total. The minimum atomic E-state index is -0.417. The number of halogens is 1. The summed E-state index contributed by atoms with van der Waals surface area (Å²) in [5.41, 5.74) is 1.63. The van der Waals surface area contributed by atoms with Gasteiger partial charge in [-0.05, 0) is 36.8 Å². The monoisotopic (exact) mass is 458 g/mol. The summed E-state index contributed by atoms with van der Waals surface area (Å²) in [6, 6.07) is 13.9. The zero-order valence-corrected chi connectivity index (χ0v) is 19.2. The van der Waals surface area contributed by atoms with Gasteiger partial charge in [0.05, 0.1) is 31.1 Å². The third-order valence-electron chi connectivity index (χ3n) is 5.05. The summed E-state index contributed by atoms with van der Waals surface area (Å²) in [7, 11) is 3.19. The fourth-order valence-electron chi connectivity index (χ4n) is 3.56. The molecular formula is C24H27ClN2O5. The van der Waals surface area contributed by atoms with Crippen molar-refractivity contribution in [2.24, 2.45) is 0 Å². The Kier molecular flexibility index (Phi) is 8.27. The highest BCUT2D eigenvalue weighted by atomic mass is 35.5. The predicted octanol–water partition coefficient (Wildman–Crippen LogP) is 3.62. The molecule has 0 saturated carbocycles. The van der Waals surface area contributed by atoms with Crippen molar-refractivity contribution in [2.45, 2.75) is 6.92 Å². The third-order valence-corrected chi connectivity index (χ3v) is 5.30. The number of imide groups is 1. The number of hydrogen-bond acceptors (Lipinski definition) is 6. The van der Waals surface area contributed by atoms with Crippen molar-refractivity contribution in [3.8, 4) is 5.75 Å². The van der Waals surface area contributed by atoms with Crippen LogP contribution in [0.15, 0.2) is 54.2 Å². The van der Waals surface area contributed by atoms with E-state index in [1.54, 1.807) is 62.8 Å². The Morgan fingerprint density at radius 1 is 0.906 bits per heavy atom. The van der Waals surface area contributed by atoms with E-state index in [0.717, 1.165) is 0 Å². The van der Waals surface area contributed by atoms with E-state index >= 15 is 0 Å². The molecule has 3 rings (SSSR count). The Morgan fingerprint density at radius 2 is 1.53 bits per heavy atom. The zero-order valence-electron chi connectivity index (χ0n) is 18.5. The average molecular weight is 459 g/mol. The molecule has 2 aromatic carbocycles. The van der Waals surface area contributed by atoms with Gasteiger partial charge in [-0.15, -0.1) is 0 Å². The normalized spacial score (nSPS) is 13.8. The SMILES string of the molecule is CCOc1ccccc1N1C(=O)C(c2ccc(Cl)cc2)=C(N(CCOC)CCOC)C1=O. The first kappa shape index (κ1) is 23.8. The smallest absolute Gasteiger partial charge is 0.282 e. The van der Waals surface area contributed by atoms with Gasteiger partial charge >= 0.3 is 0 Å². The van der Waals surface area contributed by atoms with Crippen molar-refractivity contribution in [1.82, 2.24) is 4.90 Å². The van der Waals surface area contributed by atoms with Crippen LogP contribution in [0.5, 0.6) is 5.75 Å². The van der Waals surface area contributed by atoms with Crippen molar-refractivity contribution in [3.63, 3.8) is 0 Å². The Balaban J connectivity index is 2.14. The van der Waals surface area contributed by atoms with Gasteiger partial charge in [-0.2, -0.15) is 0 Å². The van der Waals surface area contributed by atoms with E-state index in [0.29, 0.717) is 66.2 Å². The van der Waals surface area contributed by atoms with Gasteiger partial charge in [-0.1, -0.05) is 35.9 Å². The third kappa shape index (κ3) is 4.96. The summed E-state index contributed by atoms with van der Waals surface area (Å²) < 4.78 is 16.2. The minimum absolute atomic E-state index is 0.303. The van der Waals surface area contributed by atoms with Crippen LogP contribution in [0.4, 0.5) is 5.69 Å². The van der Waals surface area contributed by atoms with Crippen LogP contribution in [0.2, 0.25) is 5.02 Å². The quantitative estimate of drug-likeness (QED) is 0.479. The summed E-state index contributed by atoms with van der Waals surface area (Å²) in [5, 5.41) is 0.543. The molecule has 2 aromatic rings. The lowest BCUT2D eigenvalue weighted by molar-refractivity contribution is -0.120. The number of hydrogen-bond donors (Lipinski definition) is 0. The number of carbonyl (C=O) groups excluding carboxylic acids is 2. The summed E-state index contributed by atoms with van der Waals surface area (Å²) in [4.78, 5) is 30.4. The van der Waals surface area contributed by atoms with Crippen molar-refractivity contribution >= 4 is 34.7 Å². The maximum atomic E-state index is 13.7. The molecule has 32 heavy (non-hydrogen) atoms. The van der Waals surface area contributed by atoms with E-state index in [1.807, 2.05) is 11.8 Å². The van der Waals surface area contributed by atoms with Crippen LogP contribution >= 0.6 is 11.6 Å². The van der Waals surface area contributed by atoms with Gasteiger partial charge in [0.2, 0.25) is 0 Å². The summed E-state index contributed by atoms with van der Waals surface area (Å²) >= 11 is 6.06. The number of rotatable bonds is 11. The first-order valence-electron chi connectivity index (χ1n) is 10.4. The molecule has 0 spiro atoms. The Hall–Kier alpha value is -2.87. The number of benzene rings is 2. The molecule has 0 fully saturated rings. The van der Waals surface area contributed by atoms with Crippen molar-refractivity contribution in [1.29, 1.82) is 0 Å². The number of amides is 2. The van der Waals surface area contributed by atoms with Crippen molar-refractivity contribution < 1.29 is 23.8 Å². The second-order valence-corrected chi connectivity index (χ2v) is 7.49. The lowest BCUT2D eigenvalue weighted by Gasteiger charge is -2.26. The maximum absolute atomic E-state index is 13.7. The molecule has 8 heteroatoms. The number of anilines is 1. The van der Waals surface area contributed by atoms with Gasteiger partial charge in [-0.25, -0.2) is 4.90 Å². The molecule has 0 atom stereocenters. The molecule has 2 amide bonds. The van der Waals surface area contributed by atoms with E-state index in [-0.39, 0.29) is 0 Å². The number of ether oxygens (including phenoxy) is 3. The molecule has 0 aliphatic carbocycles. The molecule has 0 radical (unpaired) electrons. The van der Waals surface area contributed by atoms with E-state index in [2.05, 4.69) is 0 Å². The summed E-state index contributed by atoms with van der Waals surface area (Å²) in [6.45, 7) is 3.88. The Morgan fingerprint density at radius 3 is 2.12 bits per heavy atom. The maximum Gasteiger partial charge on any atom is 0.282 e. The van der Waals surface area contributed by atoms with Crippen LogP contribution < -0.4 is 9.64 Å². The second-order valence-electron chi connectivity index (χ2n) is 7.05. The summed E-state index contributed by atoms with van der Waals surface area (Å²) in [6.07, 6.45) is 0. The lowest BCUT2D eigenvalue weighted by atomic mass is 10.0. The van der Waals surface area contributed by atoms with Gasteiger partial charge in [0.25, 0.3) is 11.8 Å². The van der Waals surface area contributed by atoms with Gasteiger partial charge < -0.3 is 19.1 Å². The molecule has 0 bridgehead atoms. The Bertz CT molecular complexity index is 982. The second kappa shape index (κ2) is 11.1. The minimum Gasteiger partial charge on any atom is -0.492 e. The highest BCUT2D eigenvalue weighted by Crippen LogP contribution is 2.38. The zero-order chi connectivity index (χ0) is 23.1. The number of para-hydroxylation sites is 2. The van der Waals surface area contributed by atoms with Gasteiger partial charge in [0, 0.05) is 32.3 Å². The van der Waals surface area contributed by atoms with Gasteiger partial charge in [0.1, 0.15) is 11.4 Å². The fraction of sp³-hybridized carbons (Fsp3) is 0.333. The fourth-order valence-corrected chi connectivity index (χ4v) is 3.69. The number of carbonyl (C=O) groups is 2. The molecule has 170 valence electrons. The standard InChI is InChI=1S/C24H27ClN2O5/c1-4-32-20-8-6-5-7-19(20)27-23(28)21(17-9-11-18(25)12-10-17)22(24(27)29)26(13-15-30-2)14-16-31-3/h5-12H,4,13-16H2,1-3H3. The summed E-state index contributed by atoms with van der Waals surface area (Å²) in [5.74, 6) is -0.368. The van der Waals surface area contributed by atoms with E-state index in [1.165, 1.54) is 4.90 Å². The van der Waals surface area contributed by atoms with Crippen LogP contribution in [-0.2, 0) is 19.1 Å². The molecule has 1 heterocycles. The van der Waals surface area contributed by atoms with Gasteiger partial charge in [0.15, 0.2) is 0 Å². The van der Waals surface area contributed by atoms with Crippen LogP contribution in [0.1, 0.15) is 12.5 Å². The van der Waals surface area contributed by atoms with Crippen molar-refractivity contribution in [2.75, 3.05) is 52.0 Å². The molecule has 1 aliphatic heterocycles. The molecule has 1 aliphatic rings. The Labute approximate surface area is 193 Å². The highest BCUT2D eigenvalue weighted by molar-refractivity contribution is 6.45. The highest BCUT2D eigenvalue weighted by Gasteiger charge is 2.43. The molecule has 7 nitrogen and oxygen atoms in total. The number of nitrogens with zero attached hydrogens (tertiary/aromatic N) is 2. The first-order chi connectivity index (χ1) is 15.5. The molecule has 0 saturated heterocycles. The van der Waals surface area contributed by atoms with E-state index in [4.69, 9.17) is 25.8 Å². The van der Waals surface area contributed by atoms with E-state index in [9.17, 15) is 9.59 Å². The van der Waals surface area contributed by atoms with Crippen molar-refractivity contribution in [3.05, 3.63) is 64.8 Å². The van der Waals surface area contributed by atoms with Crippen LogP contribution in [0.3, 0.4) is 0 Å². The number of methoxy groups -OCH3 is 2. The topological polar surface area (TPSA) is 68.3 Å².